The molecule has 9 heteroatoms. The lowest BCUT2D eigenvalue weighted by molar-refractivity contribution is 0.108. The molecule has 0 bridgehead atoms. The Labute approximate surface area is 194 Å². The SMILES string of the molecule is [2H]C([2H])(Oc1nc(N2CCOC[C@H]3[C@H](F)[C@H]32)c2cnc(Cl)c(C)c2n1)[C@@]12CCCN1CC(=C)C2. The van der Waals surface area contributed by atoms with Crippen LogP contribution in [0.15, 0.2) is 18.3 Å². The van der Waals surface area contributed by atoms with E-state index in [2.05, 4.69) is 26.4 Å². The maximum Gasteiger partial charge on any atom is 0.319 e. The van der Waals surface area contributed by atoms with Gasteiger partial charge >= 0.3 is 6.01 Å². The van der Waals surface area contributed by atoms with Crippen LogP contribution in [0.2, 0.25) is 5.15 Å². The largest absolute Gasteiger partial charge is 0.461 e. The van der Waals surface area contributed by atoms with E-state index in [0.29, 0.717) is 66.6 Å². The Hall–Kier alpha value is -2.03. The molecule has 3 saturated heterocycles. The summed E-state index contributed by atoms with van der Waals surface area (Å²) in [5.74, 6) is 0.264. The summed E-state index contributed by atoms with van der Waals surface area (Å²) in [5.41, 5.74) is 1.36. The molecule has 0 radical (unpaired) electrons. The molecule has 3 aliphatic heterocycles. The first-order chi connectivity index (χ1) is 16.2. The van der Waals surface area contributed by atoms with Crippen LogP contribution in [0.5, 0.6) is 6.01 Å². The second-order valence-corrected chi connectivity index (χ2v) is 9.68. The molecule has 32 heavy (non-hydrogen) atoms. The molecular weight excluding hydrogens is 433 g/mol. The number of nitrogens with zero attached hydrogens (tertiary/aromatic N) is 5. The molecule has 170 valence electrons. The molecule has 0 unspecified atom stereocenters. The number of halogens is 2. The number of hydrogen-bond acceptors (Lipinski definition) is 7. The summed E-state index contributed by atoms with van der Waals surface area (Å²) >= 11 is 6.29. The highest BCUT2D eigenvalue weighted by molar-refractivity contribution is 6.31. The predicted octanol–water partition coefficient (Wildman–Crippen LogP) is 3.33. The normalized spacial score (nSPS) is 33.5. The fourth-order valence-electron chi connectivity index (χ4n) is 5.51. The number of ether oxygens (including phenoxy) is 2. The number of pyridine rings is 1. The molecule has 1 saturated carbocycles. The zero-order valence-corrected chi connectivity index (χ0v) is 18.7. The van der Waals surface area contributed by atoms with Gasteiger partial charge in [0.2, 0.25) is 0 Å². The molecule has 6 rings (SSSR count). The van der Waals surface area contributed by atoms with E-state index in [4.69, 9.17) is 23.8 Å². The monoisotopic (exact) mass is 461 g/mol. The van der Waals surface area contributed by atoms with Crippen LogP contribution >= 0.6 is 11.6 Å². The molecule has 4 atom stereocenters. The van der Waals surface area contributed by atoms with Crippen molar-refractivity contribution in [2.24, 2.45) is 5.92 Å². The quantitative estimate of drug-likeness (QED) is 0.511. The Balaban J connectivity index is 1.44. The summed E-state index contributed by atoms with van der Waals surface area (Å²) in [6.45, 7) is 6.60. The lowest BCUT2D eigenvalue weighted by Gasteiger charge is -2.31. The minimum absolute atomic E-state index is 0.0885. The van der Waals surface area contributed by atoms with Gasteiger partial charge in [0.05, 0.1) is 38.4 Å². The summed E-state index contributed by atoms with van der Waals surface area (Å²) in [6.07, 6.45) is 2.69. The van der Waals surface area contributed by atoms with Gasteiger partial charge in [-0.05, 0) is 32.7 Å². The fourth-order valence-corrected chi connectivity index (χ4v) is 5.64. The van der Waals surface area contributed by atoms with E-state index in [1.165, 1.54) is 0 Å². The number of alkyl halides is 1. The van der Waals surface area contributed by atoms with Crippen molar-refractivity contribution < 1.29 is 16.6 Å². The molecular formula is C23H27ClFN5O2. The third kappa shape index (κ3) is 3.18. The molecule has 2 aromatic heterocycles. The lowest BCUT2D eigenvalue weighted by atomic mass is 9.94. The summed E-state index contributed by atoms with van der Waals surface area (Å²) in [7, 11) is 0. The zero-order chi connectivity index (χ0) is 23.8. The standard InChI is InChI=1S/C23H27ClFN5O2/c1-13-8-23(4-3-5-29(23)10-13)12-32-22-27-18-14(2)20(24)26-9-15(18)21(28-22)30-6-7-31-11-16-17(25)19(16)30/h9,16-17,19H,1,3-8,10-12H2,2H3/t16-,17-,19-,23-/m0/s1/i12D2. The molecule has 0 aromatic carbocycles. The number of aryl methyl sites for hydroxylation is 1. The first kappa shape index (κ1) is 18.4. The van der Waals surface area contributed by atoms with Gasteiger partial charge in [0.15, 0.2) is 0 Å². The Bertz CT molecular complexity index is 1190. The van der Waals surface area contributed by atoms with Crippen LogP contribution in [0.4, 0.5) is 10.2 Å². The molecule has 0 N–H and O–H groups in total. The van der Waals surface area contributed by atoms with Crippen LogP contribution in [0.1, 0.15) is 27.6 Å². The maximum atomic E-state index is 14.6. The first-order valence-electron chi connectivity index (χ1n) is 12.1. The number of hydrogen-bond donors (Lipinski definition) is 0. The highest BCUT2D eigenvalue weighted by Crippen LogP contribution is 2.45. The van der Waals surface area contributed by atoms with Gasteiger partial charge in [-0.15, -0.1) is 0 Å². The van der Waals surface area contributed by atoms with Crippen molar-refractivity contribution >= 4 is 28.3 Å². The van der Waals surface area contributed by atoms with Crippen molar-refractivity contribution in [3.05, 3.63) is 29.1 Å². The van der Waals surface area contributed by atoms with E-state index < -0.39 is 18.3 Å². The van der Waals surface area contributed by atoms with Gasteiger partial charge in [0, 0.05) is 30.8 Å². The van der Waals surface area contributed by atoms with Crippen LogP contribution in [-0.4, -0.2) is 77.0 Å². The van der Waals surface area contributed by atoms with E-state index in [-0.39, 0.29) is 18.0 Å². The molecule has 5 heterocycles. The molecule has 1 aliphatic carbocycles. The summed E-state index contributed by atoms with van der Waals surface area (Å²) in [5, 5.41) is 0.926. The van der Waals surface area contributed by atoms with Crippen molar-refractivity contribution in [3.63, 3.8) is 0 Å². The smallest absolute Gasteiger partial charge is 0.319 e. The molecule has 0 amide bonds. The summed E-state index contributed by atoms with van der Waals surface area (Å²) < 4.78 is 44.1. The Morgan fingerprint density at radius 1 is 1.44 bits per heavy atom. The molecule has 4 fully saturated rings. The molecule has 4 aliphatic rings. The van der Waals surface area contributed by atoms with Gasteiger partial charge in [0.25, 0.3) is 0 Å². The summed E-state index contributed by atoms with van der Waals surface area (Å²) in [4.78, 5) is 17.5. The highest BCUT2D eigenvalue weighted by atomic mass is 35.5. The average molecular weight is 462 g/mol. The van der Waals surface area contributed by atoms with Crippen LogP contribution in [-0.2, 0) is 4.74 Å². The van der Waals surface area contributed by atoms with Crippen LogP contribution < -0.4 is 9.64 Å². The third-order valence-corrected chi connectivity index (χ3v) is 7.62. The van der Waals surface area contributed by atoms with Gasteiger partial charge in [-0.25, -0.2) is 9.37 Å². The van der Waals surface area contributed by atoms with Gasteiger partial charge in [0.1, 0.15) is 23.7 Å². The number of aromatic nitrogens is 3. The van der Waals surface area contributed by atoms with Crippen molar-refractivity contribution in [1.82, 2.24) is 19.9 Å². The van der Waals surface area contributed by atoms with Crippen molar-refractivity contribution in [1.29, 1.82) is 0 Å². The maximum absolute atomic E-state index is 14.6. The van der Waals surface area contributed by atoms with Crippen molar-refractivity contribution in [2.45, 2.75) is 43.9 Å². The Morgan fingerprint density at radius 2 is 2.31 bits per heavy atom. The Kier molecular flexibility index (Phi) is 4.31. The van der Waals surface area contributed by atoms with Crippen LogP contribution in [0, 0.1) is 12.8 Å². The third-order valence-electron chi connectivity index (χ3n) is 7.24. The van der Waals surface area contributed by atoms with Crippen molar-refractivity contribution in [2.75, 3.05) is 44.3 Å². The minimum atomic E-state index is -2.05. The average Bonchev–Trinajstić information content (AvgIpc) is 3.14. The van der Waals surface area contributed by atoms with E-state index in [9.17, 15) is 4.39 Å². The van der Waals surface area contributed by atoms with Crippen LogP contribution in [0.25, 0.3) is 10.9 Å². The van der Waals surface area contributed by atoms with Crippen molar-refractivity contribution in [3.8, 4) is 6.01 Å². The van der Waals surface area contributed by atoms with E-state index in [1.54, 1.807) is 13.1 Å². The van der Waals surface area contributed by atoms with Gasteiger partial charge in [-0.3, -0.25) is 4.90 Å². The second kappa shape index (κ2) is 7.50. The van der Waals surface area contributed by atoms with Crippen LogP contribution in [0.3, 0.4) is 0 Å². The zero-order valence-electron chi connectivity index (χ0n) is 20.0. The van der Waals surface area contributed by atoms with Gasteiger partial charge in [-0.2, -0.15) is 9.97 Å². The van der Waals surface area contributed by atoms with Gasteiger partial charge in [-0.1, -0.05) is 23.8 Å². The number of fused-ring (bicyclic) bond motifs is 3. The highest BCUT2D eigenvalue weighted by Gasteiger charge is 2.56. The van der Waals surface area contributed by atoms with E-state index in [0.717, 1.165) is 18.5 Å². The lowest BCUT2D eigenvalue weighted by Crippen LogP contribution is -2.43. The molecule has 2 aromatic rings. The van der Waals surface area contributed by atoms with Gasteiger partial charge < -0.3 is 14.4 Å². The van der Waals surface area contributed by atoms with E-state index >= 15 is 0 Å². The first-order valence-corrected chi connectivity index (χ1v) is 11.5. The molecule has 0 spiro atoms. The predicted molar refractivity (Wildman–Crippen MR) is 120 cm³/mol. The Morgan fingerprint density at radius 3 is 3.19 bits per heavy atom. The molecule has 7 nitrogen and oxygen atoms in total. The number of anilines is 1. The minimum Gasteiger partial charge on any atom is -0.461 e. The second-order valence-electron chi connectivity index (χ2n) is 9.32. The summed E-state index contributed by atoms with van der Waals surface area (Å²) in [6, 6.07) is -0.433. The number of rotatable bonds is 4. The van der Waals surface area contributed by atoms with E-state index in [1.807, 2.05) is 4.90 Å². The fraction of sp³-hybridized carbons (Fsp3) is 0.609. The topological polar surface area (TPSA) is 63.6 Å².